The van der Waals surface area contributed by atoms with Crippen molar-refractivity contribution in [1.82, 2.24) is 9.62 Å². The van der Waals surface area contributed by atoms with Crippen molar-refractivity contribution in [3.8, 4) is 11.5 Å². The van der Waals surface area contributed by atoms with Crippen LogP contribution in [0.5, 0.6) is 11.5 Å². The Hall–Kier alpha value is -2.33. The van der Waals surface area contributed by atoms with Crippen LogP contribution in [0.2, 0.25) is 0 Å². The van der Waals surface area contributed by atoms with E-state index < -0.39 is 21.5 Å². The van der Waals surface area contributed by atoms with Crippen LogP contribution in [-0.4, -0.2) is 69.7 Å². The summed E-state index contributed by atoms with van der Waals surface area (Å²) >= 11 is 0. The highest BCUT2D eigenvalue weighted by Crippen LogP contribution is 2.38. The van der Waals surface area contributed by atoms with Gasteiger partial charge in [-0.25, -0.2) is 8.42 Å². The number of sulfonamides is 1. The van der Waals surface area contributed by atoms with Gasteiger partial charge < -0.3 is 14.8 Å². The van der Waals surface area contributed by atoms with Crippen LogP contribution in [0.25, 0.3) is 0 Å². The molecule has 2 fully saturated rings. The number of amides is 2. The lowest BCUT2D eigenvalue weighted by atomic mass is 9.91. The number of nitrogens with one attached hydrogen (secondary N) is 1. The van der Waals surface area contributed by atoms with E-state index >= 15 is 0 Å². The highest BCUT2D eigenvalue weighted by atomic mass is 32.2. The van der Waals surface area contributed by atoms with Gasteiger partial charge in [-0.05, 0) is 31.9 Å². The third-order valence-corrected chi connectivity index (χ3v) is 7.26. The zero-order valence-corrected chi connectivity index (χ0v) is 19.3. The minimum atomic E-state index is -3.67. The van der Waals surface area contributed by atoms with E-state index in [1.165, 1.54) is 19.1 Å². The van der Waals surface area contributed by atoms with Gasteiger partial charge in [0, 0.05) is 18.7 Å². The second-order valence-corrected chi connectivity index (χ2v) is 10.4. The topological polar surface area (TPSA) is 105 Å². The predicted octanol–water partition coefficient (Wildman–Crippen LogP) is 1.52. The molecule has 1 aliphatic heterocycles. The number of anilines is 1. The molecule has 2 amide bonds. The highest BCUT2D eigenvalue weighted by molar-refractivity contribution is 7.88. The molecule has 1 saturated heterocycles. The quantitative estimate of drug-likeness (QED) is 0.700. The van der Waals surface area contributed by atoms with Crippen LogP contribution in [0.15, 0.2) is 18.2 Å². The Morgan fingerprint density at radius 3 is 2.42 bits per heavy atom. The van der Waals surface area contributed by atoms with Crippen LogP contribution < -0.4 is 19.7 Å². The molecule has 1 saturated carbocycles. The average Bonchev–Trinajstić information content (AvgIpc) is 2.73. The molecule has 1 atom stereocenters. The summed E-state index contributed by atoms with van der Waals surface area (Å²) < 4.78 is 36.3. The Morgan fingerprint density at radius 2 is 1.84 bits per heavy atom. The molecule has 9 nitrogen and oxygen atoms in total. The monoisotopic (exact) mass is 453 g/mol. The van der Waals surface area contributed by atoms with Gasteiger partial charge in [-0.3, -0.25) is 14.5 Å². The molecule has 0 aromatic heterocycles. The van der Waals surface area contributed by atoms with Crippen molar-refractivity contribution in [1.29, 1.82) is 0 Å². The number of methoxy groups -OCH3 is 2. The summed E-state index contributed by atoms with van der Waals surface area (Å²) in [7, 11) is -0.687. The third-order valence-electron chi connectivity index (χ3n) is 6.07. The van der Waals surface area contributed by atoms with E-state index in [0.717, 1.165) is 42.7 Å². The Bertz CT molecular complexity index is 944. The number of piperazine rings is 1. The molecule has 172 valence electrons. The second kappa shape index (κ2) is 9.04. The van der Waals surface area contributed by atoms with Crippen molar-refractivity contribution in [3.05, 3.63) is 18.2 Å². The summed E-state index contributed by atoms with van der Waals surface area (Å²) in [6, 6.07) is 4.97. The lowest BCUT2D eigenvalue weighted by Crippen LogP contribution is -2.70. The molecule has 1 heterocycles. The molecule has 31 heavy (non-hydrogen) atoms. The molecular formula is C21H31N3O6S. The normalized spacial score (nSPS) is 23.5. The minimum Gasteiger partial charge on any atom is -0.497 e. The molecule has 0 radical (unpaired) electrons. The van der Waals surface area contributed by atoms with Crippen molar-refractivity contribution in [2.24, 2.45) is 0 Å². The molecule has 0 unspecified atom stereocenters. The van der Waals surface area contributed by atoms with Crippen LogP contribution in [0.3, 0.4) is 0 Å². The Labute approximate surface area is 183 Å². The number of carbonyl (C=O) groups is 2. The number of benzene rings is 1. The maximum atomic E-state index is 13.5. The van der Waals surface area contributed by atoms with Gasteiger partial charge in [0.15, 0.2) is 0 Å². The van der Waals surface area contributed by atoms with E-state index in [4.69, 9.17) is 9.47 Å². The molecular weight excluding hydrogens is 422 g/mol. The maximum Gasteiger partial charge on any atom is 0.247 e. The molecule has 2 aliphatic rings. The fraction of sp³-hybridized carbons (Fsp3) is 0.619. The van der Waals surface area contributed by atoms with Gasteiger partial charge in [0.1, 0.15) is 17.0 Å². The van der Waals surface area contributed by atoms with Crippen LogP contribution in [0.1, 0.15) is 39.0 Å². The fourth-order valence-corrected chi connectivity index (χ4v) is 5.16. The second-order valence-electron chi connectivity index (χ2n) is 8.38. The molecule has 1 aromatic rings. The summed E-state index contributed by atoms with van der Waals surface area (Å²) in [5, 5.41) is 3.06. The minimum absolute atomic E-state index is 0.0152. The van der Waals surface area contributed by atoms with Crippen molar-refractivity contribution < 1.29 is 27.5 Å². The summed E-state index contributed by atoms with van der Waals surface area (Å²) in [4.78, 5) is 28.1. The first-order valence-electron chi connectivity index (χ1n) is 10.4. The standard InChI is InChI=1S/C21H31N3O6S/c1-21(20(26)22-15-8-6-5-7-9-15)14-23(31(4,27)28)13-19(25)24(21)17-11-10-16(29-2)12-18(17)30-3/h10-12,15H,5-9,13-14H2,1-4H3,(H,22,26)/t21-/m0/s1. The number of ether oxygens (including phenoxy) is 2. The van der Waals surface area contributed by atoms with Crippen molar-refractivity contribution in [2.45, 2.75) is 50.6 Å². The summed E-state index contributed by atoms with van der Waals surface area (Å²) in [6.45, 7) is 1.11. The predicted molar refractivity (Wildman–Crippen MR) is 117 cm³/mol. The summed E-state index contributed by atoms with van der Waals surface area (Å²) in [5.41, 5.74) is -1.06. The number of carbonyl (C=O) groups excluding carboxylic acids is 2. The Morgan fingerprint density at radius 1 is 1.16 bits per heavy atom. The smallest absolute Gasteiger partial charge is 0.247 e. The van der Waals surface area contributed by atoms with E-state index in [1.807, 2.05) is 0 Å². The van der Waals surface area contributed by atoms with Gasteiger partial charge in [-0.15, -0.1) is 0 Å². The largest absolute Gasteiger partial charge is 0.497 e. The molecule has 1 aromatic carbocycles. The van der Waals surface area contributed by atoms with E-state index in [1.54, 1.807) is 25.1 Å². The van der Waals surface area contributed by atoms with Crippen molar-refractivity contribution >= 4 is 27.5 Å². The Balaban J connectivity index is 2.04. The number of hydrogen-bond acceptors (Lipinski definition) is 6. The zero-order valence-electron chi connectivity index (χ0n) is 18.5. The van der Waals surface area contributed by atoms with E-state index in [2.05, 4.69) is 5.32 Å². The number of rotatable bonds is 6. The molecule has 10 heteroatoms. The molecule has 1 N–H and O–H groups in total. The molecule has 0 spiro atoms. The first-order chi connectivity index (χ1) is 14.6. The number of nitrogens with zero attached hydrogens (tertiary/aromatic N) is 2. The van der Waals surface area contributed by atoms with Gasteiger partial charge >= 0.3 is 0 Å². The van der Waals surface area contributed by atoms with Gasteiger partial charge in [0.25, 0.3) is 0 Å². The van der Waals surface area contributed by atoms with Crippen LogP contribution >= 0.6 is 0 Å². The summed E-state index contributed by atoms with van der Waals surface area (Å²) in [6.07, 6.45) is 6.00. The zero-order chi connectivity index (χ0) is 22.8. The van der Waals surface area contributed by atoms with Crippen LogP contribution in [0, 0.1) is 0 Å². The van der Waals surface area contributed by atoms with E-state index in [9.17, 15) is 18.0 Å². The van der Waals surface area contributed by atoms with Crippen LogP contribution in [-0.2, 0) is 19.6 Å². The SMILES string of the molecule is COc1ccc(N2C(=O)CN(S(C)(=O)=O)C[C@@]2(C)C(=O)NC2CCCCC2)c(OC)c1. The lowest BCUT2D eigenvalue weighted by Gasteiger charge is -2.47. The van der Waals surface area contributed by atoms with Gasteiger partial charge in [-0.2, -0.15) is 4.31 Å². The number of hydrogen-bond donors (Lipinski definition) is 1. The highest BCUT2D eigenvalue weighted by Gasteiger charge is 2.51. The van der Waals surface area contributed by atoms with Crippen LogP contribution in [0.4, 0.5) is 5.69 Å². The van der Waals surface area contributed by atoms with Gasteiger partial charge in [0.05, 0.1) is 32.7 Å². The van der Waals surface area contributed by atoms with Gasteiger partial charge in [-0.1, -0.05) is 19.3 Å². The maximum absolute atomic E-state index is 13.5. The average molecular weight is 454 g/mol. The first kappa shape index (κ1) is 23.3. The molecule has 3 rings (SSSR count). The molecule has 0 bridgehead atoms. The van der Waals surface area contributed by atoms with E-state index in [-0.39, 0.29) is 25.0 Å². The van der Waals surface area contributed by atoms with Gasteiger partial charge in [0.2, 0.25) is 21.8 Å². The third kappa shape index (κ3) is 4.79. The van der Waals surface area contributed by atoms with E-state index in [0.29, 0.717) is 17.2 Å². The van der Waals surface area contributed by atoms with Crippen molar-refractivity contribution in [2.75, 3.05) is 38.5 Å². The Kier molecular flexibility index (Phi) is 6.80. The van der Waals surface area contributed by atoms with Crippen molar-refractivity contribution in [3.63, 3.8) is 0 Å². The lowest BCUT2D eigenvalue weighted by molar-refractivity contribution is -0.133. The first-order valence-corrected chi connectivity index (χ1v) is 12.3. The fourth-order valence-electron chi connectivity index (χ4n) is 4.33. The molecule has 1 aliphatic carbocycles. The summed E-state index contributed by atoms with van der Waals surface area (Å²) in [5.74, 6) is 0.0220.